The fourth-order valence-electron chi connectivity index (χ4n) is 3.07. The number of methoxy groups -OCH3 is 1. The number of ether oxygens (including phenoxy) is 2. The number of fused-ring (bicyclic) bond motifs is 3. The summed E-state index contributed by atoms with van der Waals surface area (Å²) in [5.74, 6) is 0.00541. The van der Waals surface area contributed by atoms with Gasteiger partial charge in [-0.3, -0.25) is 14.5 Å². The average molecular weight is 423 g/mol. The van der Waals surface area contributed by atoms with Crippen LogP contribution in [0.2, 0.25) is 0 Å². The van der Waals surface area contributed by atoms with Crippen LogP contribution in [0, 0.1) is 0 Å². The highest BCUT2D eigenvalue weighted by Gasteiger charge is 2.26. The van der Waals surface area contributed by atoms with Gasteiger partial charge in [-0.15, -0.1) is 0 Å². The molecule has 9 nitrogen and oxygen atoms in total. The molecule has 0 spiro atoms. The molecule has 11 heteroatoms. The van der Waals surface area contributed by atoms with E-state index in [1.54, 1.807) is 35.9 Å². The van der Waals surface area contributed by atoms with Crippen LogP contribution in [0.5, 0.6) is 5.75 Å². The van der Waals surface area contributed by atoms with Gasteiger partial charge < -0.3 is 25.1 Å². The summed E-state index contributed by atoms with van der Waals surface area (Å²) in [5, 5.41) is 2.98. The number of alkyl halides is 2. The molecule has 0 saturated heterocycles. The number of nitrogens with two attached hydrogens (primary N) is 1. The Kier molecular flexibility index (Phi) is 6.50. The molecule has 3 rings (SSSR count). The smallest absolute Gasteiger partial charge is 0.256 e. The Morgan fingerprint density at radius 3 is 2.87 bits per heavy atom. The molecule has 3 N–H and O–H groups in total. The molecular weight excluding hydrogens is 400 g/mol. The molecule has 0 saturated carbocycles. The molecule has 1 unspecified atom stereocenters. The van der Waals surface area contributed by atoms with Crippen LogP contribution in [-0.2, 0) is 20.9 Å². The zero-order chi connectivity index (χ0) is 21.8. The van der Waals surface area contributed by atoms with E-state index in [2.05, 4.69) is 10.3 Å². The second kappa shape index (κ2) is 9.08. The second-order valence-corrected chi connectivity index (χ2v) is 6.77. The highest BCUT2D eigenvalue weighted by atomic mass is 19.3. The number of anilines is 2. The number of carbonyl (C=O) groups excluding carboxylic acids is 2. The molecule has 1 aromatic carbocycles. The molecular formula is C19H23F2N5O4. The largest absolute Gasteiger partial charge is 0.491 e. The SMILES string of the molecule is COCC(=O)N(CC(F)F)c1cn2c(n1)-c1ccc(NC(C)C(N)=O)cc1OCC2. The molecule has 162 valence electrons. The lowest BCUT2D eigenvalue weighted by Crippen LogP contribution is -2.37. The van der Waals surface area contributed by atoms with Crippen molar-refractivity contribution in [2.24, 2.45) is 5.73 Å². The van der Waals surface area contributed by atoms with E-state index in [0.717, 1.165) is 4.90 Å². The summed E-state index contributed by atoms with van der Waals surface area (Å²) in [6.45, 7) is 1.25. The van der Waals surface area contributed by atoms with Gasteiger partial charge in [0.25, 0.3) is 12.3 Å². The zero-order valence-corrected chi connectivity index (χ0v) is 16.6. The third-order valence-corrected chi connectivity index (χ3v) is 4.55. The van der Waals surface area contributed by atoms with Crippen LogP contribution in [0.25, 0.3) is 11.4 Å². The summed E-state index contributed by atoms with van der Waals surface area (Å²) in [4.78, 5) is 28.9. The van der Waals surface area contributed by atoms with E-state index >= 15 is 0 Å². The molecule has 1 aliphatic heterocycles. The van der Waals surface area contributed by atoms with Crippen LogP contribution in [0.4, 0.5) is 20.3 Å². The summed E-state index contributed by atoms with van der Waals surface area (Å²) >= 11 is 0. The van der Waals surface area contributed by atoms with E-state index in [-0.39, 0.29) is 12.4 Å². The van der Waals surface area contributed by atoms with Crippen LogP contribution in [0.1, 0.15) is 6.92 Å². The molecule has 1 atom stereocenters. The number of nitrogens with one attached hydrogen (secondary N) is 1. The predicted molar refractivity (Wildman–Crippen MR) is 106 cm³/mol. The third kappa shape index (κ3) is 4.67. The lowest BCUT2D eigenvalue weighted by atomic mass is 10.1. The first-order valence-corrected chi connectivity index (χ1v) is 9.27. The van der Waals surface area contributed by atoms with Crippen LogP contribution in [-0.4, -0.2) is 60.7 Å². The molecule has 2 aromatic rings. The Hall–Kier alpha value is -3.21. The molecule has 1 aromatic heterocycles. The fourth-order valence-corrected chi connectivity index (χ4v) is 3.07. The number of benzene rings is 1. The average Bonchev–Trinajstić information content (AvgIpc) is 3.02. The summed E-state index contributed by atoms with van der Waals surface area (Å²) in [6, 6.07) is 4.62. The monoisotopic (exact) mass is 423 g/mol. The number of hydrogen-bond acceptors (Lipinski definition) is 6. The lowest BCUT2D eigenvalue weighted by Gasteiger charge is -2.19. The van der Waals surface area contributed by atoms with E-state index in [0.29, 0.717) is 36.0 Å². The predicted octanol–water partition coefficient (Wildman–Crippen LogP) is 1.47. The molecule has 0 aliphatic carbocycles. The topological polar surface area (TPSA) is 112 Å². The van der Waals surface area contributed by atoms with Crippen molar-refractivity contribution in [3.8, 4) is 17.1 Å². The first-order valence-electron chi connectivity index (χ1n) is 9.27. The van der Waals surface area contributed by atoms with Crippen LogP contribution < -0.4 is 20.7 Å². The van der Waals surface area contributed by atoms with Crippen molar-refractivity contribution in [1.82, 2.24) is 9.55 Å². The van der Waals surface area contributed by atoms with E-state index in [4.69, 9.17) is 15.2 Å². The Morgan fingerprint density at radius 2 is 2.20 bits per heavy atom. The number of imidazole rings is 1. The summed E-state index contributed by atoms with van der Waals surface area (Å²) in [6.07, 6.45) is -1.17. The van der Waals surface area contributed by atoms with Gasteiger partial charge in [-0.05, 0) is 19.1 Å². The standard InChI is InChI=1S/C19H23F2N5O4/c1-11(18(22)28)23-12-3-4-13-14(7-12)30-6-5-25-9-16(24-19(13)25)26(8-15(20)21)17(27)10-29-2/h3-4,7,9,11,15,23H,5-6,8,10H2,1-2H3,(H2,22,28). The Bertz CT molecular complexity index is 934. The van der Waals surface area contributed by atoms with Crippen LogP contribution >= 0.6 is 0 Å². The molecule has 2 heterocycles. The number of nitrogens with zero attached hydrogens (tertiary/aromatic N) is 3. The van der Waals surface area contributed by atoms with Crippen molar-refractivity contribution in [2.75, 3.05) is 37.1 Å². The highest BCUT2D eigenvalue weighted by Crippen LogP contribution is 2.35. The van der Waals surface area contributed by atoms with Crippen molar-refractivity contribution in [3.63, 3.8) is 0 Å². The van der Waals surface area contributed by atoms with E-state index < -0.39 is 30.8 Å². The number of aromatic nitrogens is 2. The normalized spacial score (nSPS) is 13.6. The van der Waals surface area contributed by atoms with Gasteiger partial charge in [-0.1, -0.05) is 0 Å². The molecule has 30 heavy (non-hydrogen) atoms. The van der Waals surface area contributed by atoms with Gasteiger partial charge in [0.15, 0.2) is 5.82 Å². The van der Waals surface area contributed by atoms with Gasteiger partial charge in [0.1, 0.15) is 30.8 Å². The molecule has 0 fully saturated rings. The lowest BCUT2D eigenvalue weighted by molar-refractivity contribution is -0.122. The zero-order valence-electron chi connectivity index (χ0n) is 16.6. The fraction of sp³-hybridized carbons (Fsp3) is 0.421. The number of carbonyl (C=O) groups is 2. The van der Waals surface area contributed by atoms with Crippen molar-refractivity contribution < 1.29 is 27.8 Å². The van der Waals surface area contributed by atoms with Crippen LogP contribution in [0.15, 0.2) is 24.4 Å². The van der Waals surface area contributed by atoms with Gasteiger partial charge in [0.2, 0.25) is 5.91 Å². The minimum absolute atomic E-state index is 0.116. The van der Waals surface area contributed by atoms with Crippen molar-refractivity contribution in [1.29, 1.82) is 0 Å². The number of amides is 2. The Morgan fingerprint density at radius 1 is 1.43 bits per heavy atom. The summed E-state index contributed by atoms with van der Waals surface area (Å²) in [5.41, 5.74) is 6.55. The maximum Gasteiger partial charge on any atom is 0.256 e. The van der Waals surface area contributed by atoms with Gasteiger partial charge in [-0.2, -0.15) is 0 Å². The third-order valence-electron chi connectivity index (χ3n) is 4.55. The van der Waals surface area contributed by atoms with Gasteiger partial charge >= 0.3 is 0 Å². The first kappa shape index (κ1) is 21.5. The quantitative estimate of drug-likeness (QED) is 0.665. The Labute approximate surface area is 171 Å². The minimum Gasteiger partial charge on any atom is -0.491 e. The maximum absolute atomic E-state index is 13.0. The number of rotatable bonds is 8. The number of hydrogen-bond donors (Lipinski definition) is 2. The molecule has 0 radical (unpaired) electrons. The van der Waals surface area contributed by atoms with Gasteiger partial charge in [-0.25, -0.2) is 13.8 Å². The highest BCUT2D eigenvalue weighted by molar-refractivity contribution is 5.93. The van der Waals surface area contributed by atoms with Crippen molar-refractivity contribution in [2.45, 2.75) is 25.9 Å². The first-order chi connectivity index (χ1) is 14.3. The molecule has 0 bridgehead atoms. The van der Waals surface area contributed by atoms with Gasteiger partial charge in [0, 0.05) is 25.1 Å². The second-order valence-electron chi connectivity index (χ2n) is 6.77. The van der Waals surface area contributed by atoms with Crippen LogP contribution in [0.3, 0.4) is 0 Å². The number of primary amides is 1. The van der Waals surface area contributed by atoms with Crippen molar-refractivity contribution in [3.05, 3.63) is 24.4 Å². The summed E-state index contributed by atoms with van der Waals surface area (Å²) in [7, 11) is 1.32. The van der Waals surface area contributed by atoms with E-state index in [1.165, 1.54) is 7.11 Å². The van der Waals surface area contributed by atoms with Crippen molar-refractivity contribution >= 4 is 23.3 Å². The van der Waals surface area contributed by atoms with E-state index in [9.17, 15) is 18.4 Å². The minimum atomic E-state index is -2.72. The van der Waals surface area contributed by atoms with Gasteiger partial charge in [0.05, 0.1) is 18.7 Å². The summed E-state index contributed by atoms with van der Waals surface area (Å²) < 4.78 is 38.4. The maximum atomic E-state index is 13.0. The Balaban J connectivity index is 1.95. The molecule has 2 amide bonds. The molecule has 1 aliphatic rings. The van der Waals surface area contributed by atoms with E-state index in [1.807, 2.05) is 0 Å². The number of halogens is 2.